The lowest BCUT2D eigenvalue weighted by molar-refractivity contribution is 0.673. The summed E-state index contributed by atoms with van der Waals surface area (Å²) in [5, 5.41) is 14.4. The van der Waals surface area contributed by atoms with Gasteiger partial charge in [0.1, 0.15) is 0 Å². The van der Waals surface area contributed by atoms with Crippen molar-refractivity contribution >= 4 is 0 Å². The Morgan fingerprint density at radius 1 is 0.971 bits per heavy atom. The van der Waals surface area contributed by atoms with Gasteiger partial charge in [0, 0.05) is 29.3 Å². The molecule has 0 aliphatic heterocycles. The minimum Gasteiger partial charge on any atom is -0.291 e. The van der Waals surface area contributed by atoms with Crippen molar-refractivity contribution in [3.05, 3.63) is 100 Å². The third kappa shape index (κ3) is 4.42. The summed E-state index contributed by atoms with van der Waals surface area (Å²) in [5.41, 5.74) is 6.86. The highest BCUT2D eigenvalue weighted by Crippen LogP contribution is 2.29. The smallest absolute Gasteiger partial charge is 0.291 e. The summed E-state index contributed by atoms with van der Waals surface area (Å²) in [5.74, 6) is 0.502. The number of benzene rings is 2. The molecule has 0 radical (unpaired) electrons. The molecule has 0 aliphatic carbocycles. The van der Waals surface area contributed by atoms with Crippen molar-refractivity contribution in [1.82, 2.24) is 34.7 Å². The number of nitrogens with zero attached hydrogens (tertiary/aromatic N) is 6. The fraction of sp³-hybridized carbons (Fsp3) is 0.222. The Morgan fingerprint density at radius 3 is 2.49 bits per heavy atom. The molecule has 35 heavy (non-hydrogen) atoms. The van der Waals surface area contributed by atoms with Crippen LogP contribution < -0.4 is 5.69 Å². The van der Waals surface area contributed by atoms with Gasteiger partial charge in [-0.1, -0.05) is 55.8 Å². The van der Waals surface area contributed by atoms with Crippen molar-refractivity contribution in [3.63, 3.8) is 0 Å². The van der Waals surface area contributed by atoms with Gasteiger partial charge in [-0.2, -0.15) is 5.21 Å². The molecule has 0 amide bonds. The van der Waals surface area contributed by atoms with Crippen LogP contribution in [0.5, 0.6) is 0 Å². The molecule has 0 unspecified atom stereocenters. The number of hydrogen-bond donors (Lipinski definition) is 1. The van der Waals surface area contributed by atoms with E-state index in [2.05, 4.69) is 56.8 Å². The maximum Gasteiger partial charge on any atom is 0.333 e. The molecule has 0 aliphatic rings. The fourth-order valence-corrected chi connectivity index (χ4v) is 4.48. The van der Waals surface area contributed by atoms with E-state index in [1.165, 1.54) is 0 Å². The number of aromatic nitrogens is 7. The molecule has 0 bridgehead atoms. The van der Waals surface area contributed by atoms with Gasteiger partial charge in [0.05, 0.1) is 12.2 Å². The van der Waals surface area contributed by atoms with Crippen molar-refractivity contribution in [2.24, 2.45) is 0 Å². The zero-order valence-electron chi connectivity index (χ0n) is 19.8. The average Bonchev–Trinajstić information content (AvgIpc) is 3.51. The first-order valence-electron chi connectivity index (χ1n) is 11.8. The minimum absolute atomic E-state index is 0.00240. The number of rotatable bonds is 8. The summed E-state index contributed by atoms with van der Waals surface area (Å²) >= 11 is 0. The zero-order valence-corrected chi connectivity index (χ0v) is 19.8. The van der Waals surface area contributed by atoms with E-state index in [0.29, 0.717) is 12.4 Å². The van der Waals surface area contributed by atoms with E-state index < -0.39 is 0 Å². The van der Waals surface area contributed by atoms with E-state index in [-0.39, 0.29) is 5.69 Å². The van der Waals surface area contributed by atoms with Crippen LogP contribution in [0.25, 0.3) is 28.2 Å². The second-order valence-corrected chi connectivity index (χ2v) is 8.53. The Hall–Kier alpha value is -4.33. The Kier molecular flexibility index (Phi) is 6.34. The topological polar surface area (TPSA) is 94.3 Å². The summed E-state index contributed by atoms with van der Waals surface area (Å²) in [6.45, 7) is 4.74. The number of tetrazole rings is 1. The SMILES string of the molecule is CCCCc1c(C)n(-c2ccccc2)c(=O)n1Cc1ccc(-c2ccncc2-c2nn[nH]n2)cc1. The molecule has 0 saturated carbocycles. The molecule has 3 aromatic heterocycles. The predicted octanol–water partition coefficient (Wildman–Crippen LogP) is 4.58. The predicted molar refractivity (Wildman–Crippen MR) is 135 cm³/mol. The maximum absolute atomic E-state index is 13.5. The molecule has 1 N–H and O–H groups in total. The van der Waals surface area contributed by atoms with E-state index >= 15 is 0 Å². The van der Waals surface area contributed by atoms with E-state index in [9.17, 15) is 4.79 Å². The lowest BCUT2D eigenvalue weighted by Crippen LogP contribution is -2.25. The highest BCUT2D eigenvalue weighted by atomic mass is 16.1. The van der Waals surface area contributed by atoms with Gasteiger partial charge in [-0.15, -0.1) is 10.2 Å². The van der Waals surface area contributed by atoms with Gasteiger partial charge in [-0.05, 0) is 59.9 Å². The number of imidazole rings is 1. The Labute approximate surface area is 203 Å². The van der Waals surface area contributed by atoms with Crippen LogP contribution in [0, 0.1) is 6.92 Å². The molecule has 176 valence electrons. The van der Waals surface area contributed by atoms with Crippen LogP contribution in [0.15, 0.2) is 77.9 Å². The summed E-state index contributed by atoms with van der Waals surface area (Å²) in [7, 11) is 0. The van der Waals surface area contributed by atoms with E-state index in [4.69, 9.17) is 0 Å². The summed E-state index contributed by atoms with van der Waals surface area (Å²) in [6, 6.07) is 20.1. The van der Waals surface area contributed by atoms with E-state index in [1.807, 2.05) is 52.5 Å². The first-order chi connectivity index (χ1) is 17.2. The van der Waals surface area contributed by atoms with Crippen LogP contribution in [-0.2, 0) is 13.0 Å². The number of H-pyrrole nitrogens is 1. The molecular weight excluding hydrogens is 438 g/mol. The molecule has 0 fully saturated rings. The summed E-state index contributed by atoms with van der Waals surface area (Å²) in [4.78, 5) is 17.8. The van der Waals surface area contributed by atoms with Gasteiger partial charge in [0.25, 0.3) is 0 Å². The van der Waals surface area contributed by atoms with Crippen LogP contribution in [0.2, 0.25) is 0 Å². The molecule has 2 aromatic carbocycles. The highest BCUT2D eigenvalue weighted by molar-refractivity contribution is 5.79. The minimum atomic E-state index is -0.00240. The summed E-state index contributed by atoms with van der Waals surface area (Å²) < 4.78 is 3.75. The lowest BCUT2D eigenvalue weighted by atomic mass is 10.00. The number of aromatic amines is 1. The monoisotopic (exact) mass is 465 g/mol. The fourth-order valence-electron chi connectivity index (χ4n) is 4.48. The third-order valence-electron chi connectivity index (χ3n) is 6.30. The number of pyridine rings is 1. The van der Waals surface area contributed by atoms with Crippen LogP contribution in [0.4, 0.5) is 0 Å². The van der Waals surface area contributed by atoms with Gasteiger partial charge in [-0.25, -0.2) is 4.79 Å². The molecule has 8 heteroatoms. The Morgan fingerprint density at radius 2 is 1.77 bits per heavy atom. The standard InChI is InChI=1S/C27H27N7O/c1-3-4-10-25-19(2)34(22-8-6-5-7-9-22)27(35)33(25)18-20-11-13-21(14-12-20)23-15-16-28-17-24(23)26-29-31-32-30-26/h5-9,11-17H,3-4,10,18H2,1-2H3,(H,29,30,31,32). The van der Waals surface area contributed by atoms with Crippen molar-refractivity contribution in [2.45, 2.75) is 39.7 Å². The second kappa shape index (κ2) is 9.89. The number of nitrogens with one attached hydrogen (secondary N) is 1. The van der Waals surface area contributed by atoms with Gasteiger partial charge >= 0.3 is 5.69 Å². The molecule has 3 heterocycles. The Bertz CT molecular complexity index is 1470. The van der Waals surface area contributed by atoms with E-state index in [1.54, 1.807) is 12.4 Å². The van der Waals surface area contributed by atoms with Crippen LogP contribution >= 0.6 is 0 Å². The molecule has 5 aromatic rings. The normalized spacial score (nSPS) is 11.1. The average molecular weight is 466 g/mol. The number of unbranched alkanes of at least 4 members (excludes halogenated alkanes) is 1. The zero-order chi connectivity index (χ0) is 24.2. The third-order valence-corrected chi connectivity index (χ3v) is 6.30. The Balaban J connectivity index is 1.49. The van der Waals surface area contributed by atoms with Crippen LogP contribution in [0.1, 0.15) is 36.7 Å². The van der Waals surface area contributed by atoms with Crippen LogP contribution in [-0.4, -0.2) is 34.7 Å². The van der Waals surface area contributed by atoms with Gasteiger partial charge in [-0.3, -0.25) is 14.1 Å². The molecule has 5 rings (SSSR count). The first-order valence-corrected chi connectivity index (χ1v) is 11.8. The first kappa shape index (κ1) is 22.5. The largest absolute Gasteiger partial charge is 0.333 e. The number of hydrogen-bond acceptors (Lipinski definition) is 5. The second-order valence-electron chi connectivity index (χ2n) is 8.53. The van der Waals surface area contributed by atoms with Crippen molar-refractivity contribution in [2.75, 3.05) is 0 Å². The van der Waals surface area contributed by atoms with Gasteiger partial charge in [0.2, 0.25) is 5.82 Å². The van der Waals surface area contributed by atoms with Gasteiger partial charge in [0.15, 0.2) is 0 Å². The van der Waals surface area contributed by atoms with E-state index in [0.717, 1.165) is 58.6 Å². The highest BCUT2D eigenvalue weighted by Gasteiger charge is 2.18. The molecule has 0 atom stereocenters. The van der Waals surface area contributed by atoms with Crippen molar-refractivity contribution in [1.29, 1.82) is 0 Å². The maximum atomic E-state index is 13.5. The lowest BCUT2D eigenvalue weighted by Gasteiger charge is -2.10. The molecular formula is C27H27N7O. The van der Waals surface area contributed by atoms with Gasteiger partial charge < -0.3 is 0 Å². The van der Waals surface area contributed by atoms with Crippen molar-refractivity contribution in [3.8, 4) is 28.2 Å². The van der Waals surface area contributed by atoms with Crippen molar-refractivity contribution < 1.29 is 0 Å². The van der Waals surface area contributed by atoms with Crippen LogP contribution in [0.3, 0.4) is 0 Å². The molecule has 0 saturated heterocycles. The molecule has 0 spiro atoms. The molecule has 8 nitrogen and oxygen atoms in total. The summed E-state index contributed by atoms with van der Waals surface area (Å²) in [6.07, 6.45) is 6.48. The number of para-hydroxylation sites is 1. The quantitative estimate of drug-likeness (QED) is 0.362.